The van der Waals surface area contributed by atoms with Gasteiger partial charge in [-0.1, -0.05) is 58.1 Å². The summed E-state index contributed by atoms with van der Waals surface area (Å²) in [7, 11) is 1.70. The van der Waals surface area contributed by atoms with Crippen molar-refractivity contribution in [1.82, 2.24) is 0 Å². The lowest BCUT2D eigenvalue weighted by molar-refractivity contribution is -0.161. The molecule has 0 N–H and O–H groups in total. The molecule has 1 aliphatic rings. The van der Waals surface area contributed by atoms with E-state index in [-0.39, 0.29) is 48.3 Å². The van der Waals surface area contributed by atoms with Gasteiger partial charge in [0.25, 0.3) is 0 Å². The van der Waals surface area contributed by atoms with Crippen LogP contribution in [0.2, 0.25) is 0 Å². The third kappa shape index (κ3) is 8.47. The van der Waals surface area contributed by atoms with Gasteiger partial charge in [0, 0.05) is 31.4 Å². The van der Waals surface area contributed by atoms with Crippen molar-refractivity contribution >= 4 is 11.9 Å². The number of hydrogen-bond acceptors (Lipinski definition) is 5. The van der Waals surface area contributed by atoms with Gasteiger partial charge in [-0.2, -0.15) is 0 Å². The van der Waals surface area contributed by atoms with Crippen LogP contribution in [0.25, 0.3) is 0 Å². The maximum absolute atomic E-state index is 12.5. The van der Waals surface area contributed by atoms with E-state index in [2.05, 4.69) is 26.8 Å². The molecular weight excluding hydrogens is 380 g/mol. The predicted molar refractivity (Wildman–Crippen MR) is 120 cm³/mol. The molecule has 0 bridgehead atoms. The van der Waals surface area contributed by atoms with Crippen LogP contribution in [0.1, 0.15) is 66.7 Å². The fraction of sp³-hybridized carbons (Fsp3) is 0.680. The Hall–Kier alpha value is -1.88. The highest BCUT2D eigenvalue weighted by molar-refractivity contribution is 5.83. The molecule has 170 valence electrons. The second-order valence-electron chi connectivity index (χ2n) is 8.10. The number of cyclic esters (lactones) is 1. The van der Waals surface area contributed by atoms with Gasteiger partial charge in [0.1, 0.15) is 12.2 Å². The summed E-state index contributed by atoms with van der Waals surface area (Å²) >= 11 is 0. The average Bonchev–Trinajstić information content (AvgIpc) is 2.72. The van der Waals surface area contributed by atoms with E-state index in [0.29, 0.717) is 6.42 Å². The molecule has 0 radical (unpaired) electrons. The Morgan fingerprint density at radius 1 is 1.23 bits per heavy atom. The minimum absolute atomic E-state index is 0.0449. The summed E-state index contributed by atoms with van der Waals surface area (Å²) < 4.78 is 17.4. The Balaban J connectivity index is 3.02. The number of hydrogen-bond donors (Lipinski definition) is 0. The largest absolute Gasteiger partial charge is 0.462 e. The number of ether oxygens (including phenoxy) is 3. The van der Waals surface area contributed by atoms with Crippen molar-refractivity contribution in [2.24, 2.45) is 17.8 Å². The molecule has 6 atom stereocenters. The van der Waals surface area contributed by atoms with E-state index in [1.165, 1.54) is 6.08 Å². The van der Waals surface area contributed by atoms with Crippen molar-refractivity contribution in [2.75, 3.05) is 7.11 Å². The lowest BCUT2D eigenvalue weighted by atomic mass is 9.83. The molecule has 0 saturated heterocycles. The molecule has 30 heavy (non-hydrogen) atoms. The minimum atomic E-state index is -0.399. The van der Waals surface area contributed by atoms with Gasteiger partial charge in [-0.3, -0.25) is 4.79 Å². The highest BCUT2D eigenvalue weighted by Gasteiger charge is 2.36. The van der Waals surface area contributed by atoms with Crippen LogP contribution in [-0.2, 0) is 23.8 Å². The molecule has 1 aliphatic heterocycles. The first-order valence-corrected chi connectivity index (χ1v) is 11.2. The van der Waals surface area contributed by atoms with E-state index in [0.717, 1.165) is 19.3 Å². The summed E-state index contributed by atoms with van der Waals surface area (Å²) in [5, 5.41) is 0. The molecule has 0 fully saturated rings. The van der Waals surface area contributed by atoms with Gasteiger partial charge in [0.15, 0.2) is 0 Å². The molecule has 0 aromatic heterocycles. The number of rotatable bonds is 13. The van der Waals surface area contributed by atoms with Gasteiger partial charge in [-0.25, -0.2) is 4.79 Å². The molecule has 1 heterocycles. The summed E-state index contributed by atoms with van der Waals surface area (Å²) in [5.74, 6) is -0.261. The van der Waals surface area contributed by atoms with Gasteiger partial charge < -0.3 is 14.2 Å². The topological polar surface area (TPSA) is 61.8 Å². The van der Waals surface area contributed by atoms with Gasteiger partial charge in [-0.05, 0) is 32.1 Å². The van der Waals surface area contributed by atoms with Crippen LogP contribution in [-0.4, -0.2) is 37.4 Å². The van der Waals surface area contributed by atoms with Crippen LogP contribution in [0.3, 0.4) is 0 Å². The molecule has 0 aromatic rings. The van der Waals surface area contributed by atoms with Crippen molar-refractivity contribution in [3.8, 4) is 0 Å². The Morgan fingerprint density at radius 2 is 1.97 bits per heavy atom. The number of allylic oxidation sites excluding steroid dienone is 3. The number of methoxy groups -OCH3 is 1. The van der Waals surface area contributed by atoms with Crippen molar-refractivity contribution in [1.29, 1.82) is 0 Å². The fourth-order valence-electron chi connectivity index (χ4n) is 4.05. The Morgan fingerprint density at radius 3 is 2.57 bits per heavy atom. The normalized spacial score (nSPS) is 23.3. The highest BCUT2D eigenvalue weighted by atomic mass is 16.6. The fourth-order valence-corrected chi connectivity index (χ4v) is 4.05. The van der Waals surface area contributed by atoms with Crippen LogP contribution in [0.15, 0.2) is 36.5 Å². The summed E-state index contributed by atoms with van der Waals surface area (Å²) in [5.41, 5.74) is 0. The molecule has 5 heteroatoms. The van der Waals surface area contributed by atoms with Crippen LogP contribution in [0.5, 0.6) is 0 Å². The monoisotopic (exact) mass is 420 g/mol. The van der Waals surface area contributed by atoms with Gasteiger partial charge in [0.05, 0.1) is 12.5 Å². The molecule has 1 rings (SSSR count). The lowest BCUT2D eigenvalue weighted by Gasteiger charge is -2.36. The molecule has 5 nitrogen and oxygen atoms in total. The highest BCUT2D eigenvalue weighted by Crippen LogP contribution is 2.31. The zero-order valence-corrected chi connectivity index (χ0v) is 19.5. The molecular formula is C25H40O5. The first kappa shape index (κ1) is 26.2. The van der Waals surface area contributed by atoms with Crippen LogP contribution < -0.4 is 0 Å². The van der Waals surface area contributed by atoms with Crippen LogP contribution in [0, 0.1) is 17.8 Å². The van der Waals surface area contributed by atoms with E-state index in [1.807, 2.05) is 38.2 Å². The van der Waals surface area contributed by atoms with E-state index in [4.69, 9.17) is 14.2 Å². The SMILES string of the molecule is C/C=C/C[C@H](C)[C@@H](OC)[C@@H](C)[C@@H](C[C@H]1OC(=O)C=C[C@H]1CC)OC(=O)C/C=C/CC. The average molecular weight is 421 g/mol. The summed E-state index contributed by atoms with van der Waals surface area (Å²) in [6.45, 7) is 10.3. The first-order valence-electron chi connectivity index (χ1n) is 11.2. The quantitative estimate of drug-likeness (QED) is 0.295. The minimum Gasteiger partial charge on any atom is -0.462 e. The van der Waals surface area contributed by atoms with E-state index >= 15 is 0 Å². The Labute approximate surface area is 182 Å². The van der Waals surface area contributed by atoms with Gasteiger partial charge >= 0.3 is 11.9 Å². The zero-order valence-electron chi connectivity index (χ0n) is 19.5. The van der Waals surface area contributed by atoms with E-state index in [1.54, 1.807) is 7.11 Å². The molecule has 0 spiro atoms. The second-order valence-corrected chi connectivity index (χ2v) is 8.10. The van der Waals surface area contributed by atoms with Gasteiger partial charge in [0.2, 0.25) is 0 Å². The zero-order chi connectivity index (χ0) is 22.5. The summed E-state index contributed by atoms with van der Waals surface area (Å²) in [6.07, 6.45) is 13.9. The third-order valence-corrected chi connectivity index (χ3v) is 5.81. The third-order valence-electron chi connectivity index (χ3n) is 5.81. The van der Waals surface area contributed by atoms with Crippen molar-refractivity contribution < 1.29 is 23.8 Å². The van der Waals surface area contributed by atoms with Crippen molar-refractivity contribution in [3.05, 3.63) is 36.5 Å². The van der Waals surface area contributed by atoms with Crippen molar-refractivity contribution in [3.63, 3.8) is 0 Å². The first-order chi connectivity index (χ1) is 14.4. The predicted octanol–water partition coefficient (Wildman–Crippen LogP) is 5.41. The smallest absolute Gasteiger partial charge is 0.330 e. The van der Waals surface area contributed by atoms with Gasteiger partial charge in [-0.15, -0.1) is 0 Å². The summed E-state index contributed by atoms with van der Waals surface area (Å²) in [6, 6.07) is 0. The maximum Gasteiger partial charge on any atom is 0.330 e. The molecule has 0 aliphatic carbocycles. The van der Waals surface area contributed by atoms with Crippen LogP contribution in [0.4, 0.5) is 0 Å². The number of carbonyl (C=O) groups excluding carboxylic acids is 2. The number of esters is 2. The lowest BCUT2D eigenvalue weighted by Crippen LogP contribution is -2.42. The molecule has 0 amide bonds. The Kier molecular flexibility index (Phi) is 12.4. The second kappa shape index (κ2) is 14.2. The molecule has 0 aromatic carbocycles. The summed E-state index contributed by atoms with van der Waals surface area (Å²) in [4.78, 5) is 24.3. The van der Waals surface area contributed by atoms with Crippen LogP contribution >= 0.6 is 0 Å². The molecule has 0 unspecified atom stereocenters. The van der Waals surface area contributed by atoms with Crippen molar-refractivity contribution in [2.45, 2.75) is 85.0 Å². The van der Waals surface area contributed by atoms with E-state index < -0.39 is 6.10 Å². The Bertz CT molecular complexity index is 607. The number of carbonyl (C=O) groups is 2. The standard InChI is InChI=1S/C25H40O5/c1-7-10-12-14-23(26)29-21(17-22-20(9-3)15-16-24(27)30-22)19(5)25(28-6)18(4)13-11-8-2/h8,10-12,15-16,18-22,25H,7,9,13-14,17H2,1-6H3/b11-8+,12-10+/t18-,19-,20+,21+,22+,25+/m0/s1. The van der Waals surface area contributed by atoms with E-state index in [9.17, 15) is 9.59 Å². The molecule has 0 saturated carbocycles. The maximum atomic E-state index is 12.5.